The summed E-state index contributed by atoms with van der Waals surface area (Å²) in [6, 6.07) is 9.26. The molecule has 0 aliphatic heterocycles. The van der Waals surface area contributed by atoms with E-state index in [-0.39, 0.29) is 12.0 Å². The average Bonchev–Trinajstić information content (AvgIpc) is 2.59. The van der Waals surface area contributed by atoms with Crippen molar-refractivity contribution in [1.29, 1.82) is 0 Å². The van der Waals surface area contributed by atoms with Crippen molar-refractivity contribution in [2.45, 2.75) is 53.1 Å². The van der Waals surface area contributed by atoms with Gasteiger partial charge < -0.3 is 15.4 Å². The smallest absolute Gasteiger partial charge is 0.270 e. The first-order chi connectivity index (χ1) is 12.5. The fourth-order valence-corrected chi connectivity index (χ4v) is 2.43. The third-order valence-electron chi connectivity index (χ3n) is 3.63. The van der Waals surface area contributed by atoms with E-state index in [2.05, 4.69) is 27.5 Å². The molecule has 0 spiro atoms. The fourth-order valence-electron chi connectivity index (χ4n) is 2.43. The van der Waals surface area contributed by atoms with Crippen LogP contribution in [0.1, 0.15) is 56.2 Å². The number of aromatic nitrogens is 2. The number of benzene rings is 1. The second-order valence-electron chi connectivity index (χ2n) is 6.50. The van der Waals surface area contributed by atoms with Crippen LogP contribution in [0, 0.1) is 6.92 Å². The van der Waals surface area contributed by atoms with Crippen molar-refractivity contribution in [3.05, 3.63) is 41.7 Å². The van der Waals surface area contributed by atoms with Crippen molar-refractivity contribution < 1.29 is 9.53 Å². The van der Waals surface area contributed by atoms with Crippen LogP contribution >= 0.6 is 0 Å². The van der Waals surface area contributed by atoms with Gasteiger partial charge in [-0.1, -0.05) is 19.8 Å². The lowest BCUT2D eigenvalue weighted by molar-refractivity contribution is 0.0948. The highest BCUT2D eigenvalue weighted by molar-refractivity contribution is 5.92. The van der Waals surface area contributed by atoms with Gasteiger partial charge in [0, 0.05) is 17.9 Å². The van der Waals surface area contributed by atoms with Gasteiger partial charge in [0.15, 0.2) is 0 Å². The number of nitrogens with one attached hydrogen (secondary N) is 2. The van der Waals surface area contributed by atoms with Crippen molar-refractivity contribution in [3.8, 4) is 5.75 Å². The molecule has 0 bridgehead atoms. The molecule has 0 atom stereocenters. The molecule has 140 valence electrons. The van der Waals surface area contributed by atoms with Gasteiger partial charge >= 0.3 is 0 Å². The second-order valence-corrected chi connectivity index (χ2v) is 6.50. The molecule has 0 unspecified atom stereocenters. The molecule has 2 rings (SSSR count). The molecule has 0 saturated carbocycles. The zero-order chi connectivity index (χ0) is 18.9. The molecular weight excluding hydrogens is 328 g/mol. The molecule has 0 aliphatic carbocycles. The topological polar surface area (TPSA) is 76.1 Å². The maximum Gasteiger partial charge on any atom is 0.270 e. The van der Waals surface area contributed by atoms with Crippen molar-refractivity contribution in [3.63, 3.8) is 0 Å². The Labute approximate surface area is 155 Å². The first kappa shape index (κ1) is 19.7. The lowest BCUT2D eigenvalue weighted by atomic mass is 10.2. The minimum Gasteiger partial charge on any atom is -0.491 e. The van der Waals surface area contributed by atoms with E-state index in [9.17, 15) is 4.79 Å². The third-order valence-corrected chi connectivity index (χ3v) is 3.63. The van der Waals surface area contributed by atoms with Crippen LogP contribution in [0.2, 0.25) is 0 Å². The number of anilines is 2. The summed E-state index contributed by atoms with van der Waals surface area (Å²) in [5, 5.41) is 6.04. The molecule has 0 aliphatic rings. The molecular formula is C20H28N4O2. The van der Waals surface area contributed by atoms with Gasteiger partial charge in [-0.2, -0.15) is 0 Å². The van der Waals surface area contributed by atoms with Gasteiger partial charge in [0.1, 0.15) is 11.4 Å². The Kier molecular flexibility index (Phi) is 7.38. The number of ether oxygens (including phenoxy) is 1. The zero-order valence-corrected chi connectivity index (χ0v) is 16.0. The molecule has 0 saturated heterocycles. The van der Waals surface area contributed by atoms with E-state index < -0.39 is 0 Å². The van der Waals surface area contributed by atoms with E-state index in [1.54, 1.807) is 6.07 Å². The molecule has 1 aromatic heterocycles. The maximum absolute atomic E-state index is 12.3. The minimum atomic E-state index is -0.171. The SMILES string of the molecule is CCCCCNC(=O)c1cc(C)nc(Nc2ccc(OC(C)C)cc2)n1. The van der Waals surface area contributed by atoms with Crippen LogP contribution in [0.15, 0.2) is 30.3 Å². The number of hydrogen-bond donors (Lipinski definition) is 2. The van der Waals surface area contributed by atoms with Gasteiger partial charge in [0.25, 0.3) is 5.91 Å². The summed E-state index contributed by atoms with van der Waals surface area (Å²) < 4.78 is 5.63. The molecule has 6 nitrogen and oxygen atoms in total. The number of unbranched alkanes of at least 4 members (excludes halogenated alkanes) is 2. The number of carbonyl (C=O) groups excluding carboxylic acids is 1. The average molecular weight is 356 g/mol. The van der Waals surface area contributed by atoms with Crippen LogP contribution in [0.4, 0.5) is 11.6 Å². The Balaban J connectivity index is 2.03. The van der Waals surface area contributed by atoms with Crippen molar-refractivity contribution in [1.82, 2.24) is 15.3 Å². The zero-order valence-electron chi connectivity index (χ0n) is 16.0. The number of hydrogen-bond acceptors (Lipinski definition) is 5. The minimum absolute atomic E-state index is 0.132. The molecule has 0 radical (unpaired) electrons. The summed E-state index contributed by atoms with van der Waals surface area (Å²) in [5.74, 6) is 1.04. The molecule has 6 heteroatoms. The third kappa shape index (κ3) is 6.35. The van der Waals surface area contributed by atoms with E-state index >= 15 is 0 Å². The predicted molar refractivity (Wildman–Crippen MR) is 104 cm³/mol. The first-order valence-corrected chi connectivity index (χ1v) is 9.15. The molecule has 26 heavy (non-hydrogen) atoms. The molecule has 1 amide bonds. The highest BCUT2D eigenvalue weighted by Crippen LogP contribution is 2.19. The Bertz CT molecular complexity index is 714. The summed E-state index contributed by atoms with van der Waals surface area (Å²) in [6.45, 7) is 8.62. The van der Waals surface area contributed by atoms with Gasteiger partial charge in [0.05, 0.1) is 6.10 Å². The van der Waals surface area contributed by atoms with Gasteiger partial charge in [-0.05, 0) is 57.5 Å². The van der Waals surface area contributed by atoms with E-state index in [1.807, 2.05) is 45.0 Å². The Morgan fingerprint density at radius 2 is 1.88 bits per heavy atom. The monoisotopic (exact) mass is 356 g/mol. The second kappa shape index (κ2) is 9.75. The van der Waals surface area contributed by atoms with Crippen LogP contribution in [0.25, 0.3) is 0 Å². The summed E-state index contributed by atoms with van der Waals surface area (Å²) >= 11 is 0. The molecule has 1 heterocycles. The number of nitrogens with zero attached hydrogens (tertiary/aromatic N) is 2. The lowest BCUT2D eigenvalue weighted by Gasteiger charge is -2.11. The number of amides is 1. The van der Waals surface area contributed by atoms with Crippen molar-refractivity contribution in [2.24, 2.45) is 0 Å². The summed E-state index contributed by atoms with van der Waals surface area (Å²) in [4.78, 5) is 21.0. The largest absolute Gasteiger partial charge is 0.491 e. The molecule has 0 fully saturated rings. The lowest BCUT2D eigenvalue weighted by Crippen LogP contribution is -2.25. The Morgan fingerprint density at radius 3 is 2.54 bits per heavy atom. The van der Waals surface area contributed by atoms with Crippen molar-refractivity contribution >= 4 is 17.5 Å². The first-order valence-electron chi connectivity index (χ1n) is 9.15. The normalized spacial score (nSPS) is 10.7. The summed E-state index contributed by atoms with van der Waals surface area (Å²) in [7, 11) is 0. The number of carbonyl (C=O) groups is 1. The standard InChI is InChI=1S/C20H28N4O2/c1-5-6-7-12-21-19(25)18-13-15(4)22-20(24-18)23-16-8-10-17(11-9-16)26-14(2)3/h8-11,13-14H,5-7,12H2,1-4H3,(H,21,25)(H,22,23,24). The van der Waals surface area contributed by atoms with E-state index in [0.29, 0.717) is 18.2 Å². The maximum atomic E-state index is 12.3. The Morgan fingerprint density at radius 1 is 1.15 bits per heavy atom. The quantitative estimate of drug-likeness (QED) is 0.657. The van der Waals surface area contributed by atoms with Crippen molar-refractivity contribution in [2.75, 3.05) is 11.9 Å². The van der Waals surface area contributed by atoms with Gasteiger partial charge in [0.2, 0.25) is 5.95 Å². The number of rotatable bonds is 9. The van der Waals surface area contributed by atoms with E-state index in [1.165, 1.54) is 0 Å². The van der Waals surface area contributed by atoms with E-state index in [4.69, 9.17) is 4.74 Å². The highest BCUT2D eigenvalue weighted by atomic mass is 16.5. The summed E-state index contributed by atoms with van der Waals surface area (Å²) in [5.41, 5.74) is 1.94. The van der Waals surface area contributed by atoms with Crippen LogP contribution in [0.5, 0.6) is 5.75 Å². The summed E-state index contributed by atoms with van der Waals surface area (Å²) in [6.07, 6.45) is 3.33. The fraction of sp³-hybridized carbons (Fsp3) is 0.450. The molecule has 1 aromatic carbocycles. The van der Waals surface area contributed by atoms with E-state index in [0.717, 1.165) is 36.4 Å². The highest BCUT2D eigenvalue weighted by Gasteiger charge is 2.10. The van der Waals surface area contributed by atoms with Crippen LogP contribution in [-0.2, 0) is 0 Å². The predicted octanol–water partition coefficient (Wildman–Crippen LogP) is 4.24. The van der Waals surface area contributed by atoms with Gasteiger partial charge in [-0.25, -0.2) is 9.97 Å². The molecule has 2 N–H and O–H groups in total. The van der Waals surface area contributed by atoms with Crippen LogP contribution < -0.4 is 15.4 Å². The van der Waals surface area contributed by atoms with Gasteiger partial charge in [-0.15, -0.1) is 0 Å². The van der Waals surface area contributed by atoms with Crippen LogP contribution in [-0.4, -0.2) is 28.5 Å². The Hall–Kier alpha value is -2.63. The van der Waals surface area contributed by atoms with Crippen LogP contribution in [0.3, 0.4) is 0 Å². The van der Waals surface area contributed by atoms with Gasteiger partial charge in [-0.3, -0.25) is 4.79 Å². The number of aryl methyl sites for hydroxylation is 1. The molecule has 2 aromatic rings.